The molecule has 1 saturated heterocycles. The van der Waals surface area contributed by atoms with E-state index in [1.54, 1.807) is 0 Å². The van der Waals surface area contributed by atoms with Crippen molar-refractivity contribution in [2.45, 2.75) is 31.9 Å². The van der Waals surface area contributed by atoms with Gasteiger partial charge in [-0.25, -0.2) is 0 Å². The minimum absolute atomic E-state index is 0.410. The van der Waals surface area contributed by atoms with E-state index >= 15 is 0 Å². The molecule has 2 nitrogen and oxygen atoms in total. The van der Waals surface area contributed by atoms with Gasteiger partial charge in [0.15, 0.2) is 0 Å². The number of fused-ring (bicyclic) bond motifs is 1. The Kier molecular flexibility index (Phi) is 4.04. The molecule has 0 saturated carbocycles. The zero-order valence-electron chi connectivity index (χ0n) is 12.3. The van der Waals surface area contributed by atoms with Gasteiger partial charge < -0.3 is 10.1 Å². The molecule has 1 aliphatic heterocycles. The molecule has 1 N–H and O–H groups in total. The van der Waals surface area contributed by atoms with Gasteiger partial charge in [-0.2, -0.15) is 0 Å². The lowest BCUT2D eigenvalue weighted by Crippen LogP contribution is -2.36. The molecule has 0 bridgehead atoms. The zero-order valence-corrected chi connectivity index (χ0v) is 12.3. The van der Waals surface area contributed by atoms with Crippen LogP contribution in [0.5, 0.6) is 0 Å². The third-order valence-corrected chi connectivity index (χ3v) is 4.44. The first-order valence-electron chi connectivity index (χ1n) is 7.53. The van der Waals surface area contributed by atoms with Crippen LogP contribution >= 0.6 is 0 Å². The van der Waals surface area contributed by atoms with Crippen LogP contribution in [0.15, 0.2) is 42.5 Å². The Balaban J connectivity index is 1.76. The van der Waals surface area contributed by atoms with Gasteiger partial charge in [-0.05, 0) is 43.1 Å². The number of likely N-dealkylation sites (N-methyl/N-ethyl adjacent to an activating group) is 1. The van der Waals surface area contributed by atoms with E-state index in [1.807, 2.05) is 0 Å². The van der Waals surface area contributed by atoms with Crippen LogP contribution in [0.2, 0.25) is 0 Å². The fourth-order valence-electron chi connectivity index (χ4n) is 3.25. The highest BCUT2D eigenvalue weighted by atomic mass is 16.5. The van der Waals surface area contributed by atoms with E-state index in [4.69, 9.17) is 4.74 Å². The summed E-state index contributed by atoms with van der Waals surface area (Å²) in [4.78, 5) is 0. The molecule has 3 atom stereocenters. The van der Waals surface area contributed by atoms with Gasteiger partial charge in [0.05, 0.1) is 12.7 Å². The number of benzene rings is 2. The SMILES string of the molecule is CNC(Cc1ccc2ccccc2c1)C1COC(C)C1. The Hall–Kier alpha value is -1.38. The van der Waals surface area contributed by atoms with Crippen LogP contribution in [0.25, 0.3) is 10.8 Å². The van der Waals surface area contributed by atoms with Crippen molar-refractivity contribution in [1.82, 2.24) is 5.32 Å². The Labute approximate surface area is 121 Å². The summed E-state index contributed by atoms with van der Waals surface area (Å²) in [6, 6.07) is 15.9. The number of hydrogen-bond donors (Lipinski definition) is 1. The molecule has 3 rings (SSSR count). The fourth-order valence-corrected chi connectivity index (χ4v) is 3.25. The average molecular weight is 269 g/mol. The predicted octanol–water partition coefficient (Wildman–Crippen LogP) is 3.40. The second kappa shape index (κ2) is 5.94. The Morgan fingerprint density at radius 3 is 2.70 bits per heavy atom. The normalized spacial score (nSPS) is 24.1. The Morgan fingerprint density at radius 1 is 1.20 bits per heavy atom. The summed E-state index contributed by atoms with van der Waals surface area (Å²) in [5.41, 5.74) is 1.41. The lowest BCUT2D eigenvalue weighted by atomic mass is 9.91. The average Bonchev–Trinajstić information content (AvgIpc) is 2.91. The minimum Gasteiger partial charge on any atom is -0.378 e. The molecular weight excluding hydrogens is 246 g/mol. The van der Waals surface area contributed by atoms with Crippen molar-refractivity contribution in [2.75, 3.05) is 13.7 Å². The lowest BCUT2D eigenvalue weighted by molar-refractivity contribution is 0.117. The molecule has 0 aliphatic carbocycles. The summed E-state index contributed by atoms with van der Waals surface area (Å²) in [5, 5.41) is 6.13. The summed E-state index contributed by atoms with van der Waals surface area (Å²) < 4.78 is 5.72. The monoisotopic (exact) mass is 269 g/mol. The largest absolute Gasteiger partial charge is 0.378 e. The summed E-state index contributed by atoms with van der Waals surface area (Å²) in [6.07, 6.45) is 2.65. The molecule has 3 unspecified atom stereocenters. The molecule has 0 radical (unpaired) electrons. The number of ether oxygens (including phenoxy) is 1. The maximum absolute atomic E-state index is 5.72. The van der Waals surface area contributed by atoms with Crippen LogP contribution in [-0.4, -0.2) is 25.8 Å². The second-order valence-corrected chi connectivity index (χ2v) is 5.92. The van der Waals surface area contributed by atoms with Crippen molar-refractivity contribution in [2.24, 2.45) is 5.92 Å². The summed E-state index contributed by atoms with van der Waals surface area (Å²) in [6.45, 7) is 3.06. The van der Waals surface area contributed by atoms with Crippen molar-refractivity contribution in [1.29, 1.82) is 0 Å². The van der Waals surface area contributed by atoms with Gasteiger partial charge in [-0.15, -0.1) is 0 Å². The molecule has 0 spiro atoms. The highest BCUT2D eigenvalue weighted by molar-refractivity contribution is 5.82. The number of hydrogen-bond acceptors (Lipinski definition) is 2. The minimum atomic E-state index is 0.410. The highest BCUT2D eigenvalue weighted by Gasteiger charge is 2.28. The van der Waals surface area contributed by atoms with E-state index in [0.29, 0.717) is 18.1 Å². The highest BCUT2D eigenvalue weighted by Crippen LogP contribution is 2.25. The first-order valence-corrected chi connectivity index (χ1v) is 7.53. The second-order valence-electron chi connectivity index (χ2n) is 5.92. The Bertz CT molecular complexity index is 580. The summed E-state index contributed by atoms with van der Waals surface area (Å²) in [7, 11) is 2.06. The number of nitrogens with one attached hydrogen (secondary N) is 1. The molecule has 0 aromatic heterocycles. The summed E-state index contributed by atoms with van der Waals surface area (Å²) in [5.74, 6) is 0.626. The maximum atomic E-state index is 5.72. The first kappa shape index (κ1) is 13.6. The first-order chi connectivity index (χ1) is 9.76. The van der Waals surface area contributed by atoms with E-state index in [0.717, 1.165) is 13.0 Å². The van der Waals surface area contributed by atoms with E-state index in [9.17, 15) is 0 Å². The molecule has 0 amide bonds. The molecular formula is C18H23NO. The third-order valence-electron chi connectivity index (χ3n) is 4.44. The van der Waals surface area contributed by atoms with Crippen LogP contribution in [0.3, 0.4) is 0 Å². The van der Waals surface area contributed by atoms with Gasteiger partial charge in [-0.3, -0.25) is 0 Å². The topological polar surface area (TPSA) is 21.3 Å². The van der Waals surface area contributed by atoms with Crippen LogP contribution < -0.4 is 5.32 Å². The van der Waals surface area contributed by atoms with Gasteiger partial charge in [-0.1, -0.05) is 42.5 Å². The molecule has 1 fully saturated rings. The third kappa shape index (κ3) is 2.87. The summed E-state index contributed by atoms with van der Waals surface area (Å²) >= 11 is 0. The standard InChI is InChI=1S/C18H23NO/c1-13-9-17(12-20-13)18(19-2)11-14-7-8-15-5-3-4-6-16(15)10-14/h3-8,10,13,17-19H,9,11-12H2,1-2H3. The predicted molar refractivity (Wildman–Crippen MR) is 84.0 cm³/mol. The molecule has 1 aliphatic rings. The molecule has 1 heterocycles. The van der Waals surface area contributed by atoms with Crippen LogP contribution in [-0.2, 0) is 11.2 Å². The van der Waals surface area contributed by atoms with Crippen molar-refractivity contribution in [3.05, 3.63) is 48.0 Å². The number of rotatable bonds is 4. The maximum Gasteiger partial charge on any atom is 0.0551 e. The van der Waals surface area contributed by atoms with Crippen molar-refractivity contribution in [3.63, 3.8) is 0 Å². The fraction of sp³-hybridized carbons (Fsp3) is 0.444. The van der Waals surface area contributed by atoms with Crippen molar-refractivity contribution in [3.8, 4) is 0 Å². The molecule has 2 aromatic carbocycles. The zero-order chi connectivity index (χ0) is 13.9. The molecule has 20 heavy (non-hydrogen) atoms. The van der Waals surface area contributed by atoms with Gasteiger partial charge in [0.25, 0.3) is 0 Å². The van der Waals surface area contributed by atoms with E-state index in [2.05, 4.69) is 61.8 Å². The quantitative estimate of drug-likeness (QED) is 0.918. The van der Waals surface area contributed by atoms with Gasteiger partial charge in [0, 0.05) is 12.0 Å². The van der Waals surface area contributed by atoms with Crippen LogP contribution in [0.1, 0.15) is 18.9 Å². The van der Waals surface area contributed by atoms with E-state index < -0.39 is 0 Å². The molecule has 106 valence electrons. The molecule has 2 heteroatoms. The van der Waals surface area contributed by atoms with Crippen molar-refractivity contribution < 1.29 is 4.74 Å². The van der Waals surface area contributed by atoms with Gasteiger partial charge >= 0.3 is 0 Å². The van der Waals surface area contributed by atoms with Crippen LogP contribution in [0.4, 0.5) is 0 Å². The van der Waals surface area contributed by atoms with Gasteiger partial charge in [0.1, 0.15) is 0 Å². The Morgan fingerprint density at radius 2 is 2.00 bits per heavy atom. The smallest absolute Gasteiger partial charge is 0.0551 e. The lowest BCUT2D eigenvalue weighted by Gasteiger charge is -2.22. The van der Waals surface area contributed by atoms with E-state index in [-0.39, 0.29) is 0 Å². The van der Waals surface area contributed by atoms with Gasteiger partial charge in [0.2, 0.25) is 0 Å². The van der Waals surface area contributed by atoms with E-state index in [1.165, 1.54) is 22.8 Å². The van der Waals surface area contributed by atoms with Crippen LogP contribution in [0, 0.1) is 5.92 Å². The molecule has 2 aromatic rings. The van der Waals surface area contributed by atoms with Crippen molar-refractivity contribution >= 4 is 10.8 Å².